The summed E-state index contributed by atoms with van der Waals surface area (Å²) in [7, 11) is 0. The van der Waals surface area contributed by atoms with E-state index in [1.165, 1.54) is 6.20 Å². The zero-order chi connectivity index (χ0) is 16.2. The Balaban J connectivity index is 1.66. The first-order valence-electron chi connectivity index (χ1n) is 7.71. The maximum atomic E-state index is 12.3. The van der Waals surface area contributed by atoms with E-state index in [0.717, 1.165) is 29.8 Å². The van der Waals surface area contributed by atoms with E-state index in [0.29, 0.717) is 18.1 Å². The van der Waals surface area contributed by atoms with Gasteiger partial charge >= 0.3 is 0 Å². The number of aromatic nitrogens is 1. The second-order valence-electron chi connectivity index (χ2n) is 5.76. The minimum Gasteiger partial charge on any atom is -0.472 e. The number of carbonyl (C=O) groups excluding carboxylic acids is 1. The van der Waals surface area contributed by atoms with Gasteiger partial charge in [0.05, 0.1) is 18.8 Å². The maximum absolute atomic E-state index is 12.3. The van der Waals surface area contributed by atoms with Crippen LogP contribution >= 0.6 is 0 Å². The molecular formula is C18H20N2O3. The lowest BCUT2D eigenvalue weighted by atomic mass is 10.1. The molecule has 5 nitrogen and oxygen atoms in total. The average Bonchev–Trinajstić information content (AvgIpc) is 3.04. The third-order valence-corrected chi connectivity index (χ3v) is 3.82. The Bertz CT molecular complexity index is 692. The van der Waals surface area contributed by atoms with E-state index in [1.807, 2.05) is 32.0 Å². The van der Waals surface area contributed by atoms with Crippen LogP contribution in [-0.2, 0) is 4.74 Å². The fourth-order valence-electron chi connectivity index (χ4n) is 2.43. The number of nitrogens with one attached hydrogen (secondary N) is 1. The molecule has 2 heterocycles. The van der Waals surface area contributed by atoms with Crippen molar-refractivity contribution in [2.45, 2.75) is 26.4 Å². The maximum Gasteiger partial charge on any atom is 0.257 e. The molecule has 1 amide bonds. The van der Waals surface area contributed by atoms with Gasteiger partial charge in [-0.1, -0.05) is 12.1 Å². The van der Waals surface area contributed by atoms with Crippen molar-refractivity contribution >= 4 is 11.6 Å². The van der Waals surface area contributed by atoms with Gasteiger partial charge in [-0.05, 0) is 37.1 Å². The van der Waals surface area contributed by atoms with Crippen molar-refractivity contribution in [2.24, 2.45) is 0 Å². The lowest BCUT2D eigenvalue weighted by Crippen LogP contribution is -2.17. The second kappa shape index (κ2) is 6.79. The fraction of sp³-hybridized carbons (Fsp3) is 0.333. The van der Waals surface area contributed by atoms with Gasteiger partial charge in [-0.25, -0.2) is 4.98 Å². The summed E-state index contributed by atoms with van der Waals surface area (Å²) in [5, 5.41) is 2.92. The number of nitrogens with zero attached hydrogens (tertiary/aromatic N) is 1. The lowest BCUT2D eigenvalue weighted by molar-refractivity contribution is 0.102. The molecule has 0 spiro atoms. The van der Waals surface area contributed by atoms with Crippen molar-refractivity contribution in [3.05, 3.63) is 53.2 Å². The monoisotopic (exact) mass is 312 g/mol. The topological polar surface area (TPSA) is 60.5 Å². The predicted octanol–water partition coefficient (Wildman–Crippen LogP) is 3.12. The first-order chi connectivity index (χ1) is 11.1. The number of pyridine rings is 1. The number of ether oxygens (including phenoxy) is 2. The summed E-state index contributed by atoms with van der Waals surface area (Å²) in [5.41, 5.74) is 3.45. The van der Waals surface area contributed by atoms with Crippen LogP contribution in [0.3, 0.4) is 0 Å². The van der Waals surface area contributed by atoms with E-state index < -0.39 is 0 Å². The summed E-state index contributed by atoms with van der Waals surface area (Å²) in [4.78, 5) is 16.5. The molecule has 1 N–H and O–H groups in total. The van der Waals surface area contributed by atoms with Crippen LogP contribution in [0.4, 0.5) is 5.69 Å². The number of rotatable bonds is 4. The molecule has 1 aliphatic rings. The third-order valence-electron chi connectivity index (χ3n) is 3.82. The third kappa shape index (κ3) is 3.87. The van der Waals surface area contributed by atoms with Gasteiger partial charge in [0.1, 0.15) is 6.10 Å². The van der Waals surface area contributed by atoms with Crippen LogP contribution in [0.5, 0.6) is 5.88 Å². The second-order valence-corrected chi connectivity index (χ2v) is 5.76. The molecule has 1 unspecified atom stereocenters. The summed E-state index contributed by atoms with van der Waals surface area (Å²) in [5.74, 6) is 0.339. The Morgan fingerprint density at radius 3 is 2.87 bits per heavy atom. The molecule has 1 saturated heterocycles. The lowest BCUT2D eigenvalue weighted by Gasteiger charge is -2.12. The molecule has 0 saturated carbocycles. The summed E-state index contributed by atoms with van der Waals surface area (Å²) < 4.78 is 11.0. The SMILES string of the molecule is Cc1ccc(C)c(NC(=O)c2ccc(OC3CCOC3)nc2)c1. The van der Waals surface area contributed by atoms with Gasteiger partial charge in [0, 0.05) is 24.4 Å². The molecular weight excluding hydrogens is 292 g/mol. The first-order valence-corrected chi connectivity index (χ1v) is 7.71. The predicted molar refractivity (Wildman–Crippen MR) is 88.0 cm³/mol. The average molecular weight is 312 g/mol. The van der Waals surface area contributed by atoms with Crippen LogP contribution in [0.2, 0.25) is 0 Å². The van der Waals surface area contributed by atoms with Gasteiger partial charge < -0.3 is 14.8 Å². The number of hydrogen-bond donors (Lipinski definition) is 1. The van der Waals surface area contributed by atoms with Crippen LogP contribution in [0.1, 0.15) is 27.9 Å². The van der Waals surface area contributed by atoms with E-state index in [2.05, 4.69) is 10.3 Å². The standard InChI is InChI=1S/C18H20N2O3/c1-12-3-4-13(2)16(9-12)20-18(21)14-5-6-17(19-10-14)23-15-7-8-22-11-15/h3-6,9-10,15H,7-8,11H2,1-2H3,(H,20,21). The highest BCUT2D eigenvalue weighted by molar-refractivity contribution is 6.04. The summed E-state index contributed by atoms with van der Waals surface area (Å²) >= 11 is 0. The van der Waals surface area contributed by atoms with Gasteiger partial charge in [0.2, 0.25) is 5.88 Å². The van der Waals surface area contributed by atoms with Crippen molar-refractivity contribution < 1.29 is 14.3 Å². The Kier molecular flexibility index (Phi) is 4.57. The van der Waals surface area contributed by atoms with Gasteiger partial charge in [0.15, 0.2) is 0 Å². The van der Waals surface area contributed by atoms with E-state index in [4.69, 9.17) is 9.47 Å². The number of amides is 1. The zero-order valence-corrected chi connectivity index (χ0v) is 13.3. The molecule has 2 aromatic rings. The number of aryl methyl sites for hydroxylation is 2. The Morgan fingerprint density at radius 1 is 1.30 bits per heavy atom. The molecule has 3 rings (SSSR count). The number of hydrogen-bond acceptors (Lipinski definition) is 4. The van der Waals surface area contributed by atoms with Crippen molar-refractivity contribution in [2.75, 3.05) is 18.5 Å². The molecule has 1 aromatic heterocycles. The minimum atomic E-state index is -0.179. The van der Waals surface area contributed by atoms with Crippen LogP contribution in [-0.4, -0.2) is 30.2 Å². The minimum absolute atomic E-state index is 0.0529. The molecule has 120 valence electrons. The van der Waals surface area contributed by atoms with Gasteiger partial charge in [-0.2, -0.15) is 0 Å². The number of anilines is 1. The van der Waals surface area contributed by atoms with Crippen molar-refractivity contribution in [1.82, 2.24) is 4.98 Å². The Labute approximate surface area is 135 Å². The van der Waals surface area contributed by atoms with Crippen molar-refractivity contribution in [3.63, 3.8) is 0 Å². The molecule has 1 atom stereocenters. The van der Waals surface area contributed by atoms with Gasteiger partial charge in [-0.3, -0.25) is 4.79 Å². The summed E-state index contributed by atoms with van der Waals surface area (Å²) in [6, 6.07) is 9.41. The highest BCUT2D eigenvalue weighted by atomic mass is 16.5. The summed E-state index contributed by atoms with van der Waals surface area (Å²) in [6.07, 6.45) is 2.46. The van der Waals surface area contributed by atoms with Crippen LogP contribution in [0.25, 0.3) is 0 Å². The van der Waals surface area contributed by atoms with Crippen LogP contribution in [0, 0.1) is 13.8 Å². The molecule has 23 heavy (non-hydrogen) atoms. The van der Waals surface area contributed by atoms with Crippen LogP contribution < -0.4 is 10.1 Å². The highest BCUT2D eigenvalue weighted by Crippen LogP contribution is 2.18. The molecule has 1 fully saturated rings. The van der Waals surface area contributed by atoms with Gasteiger partial charge in [0.25, 0.3) is 5.91 Å². The van der Waals surface area contributed by atoms with Gasteiger partial charge in [-0.15, -0.1) is 0 Å². The van der Waals surface area contributed by atoms with E-state index >= 15 is 0 Å². The Morgan fingerprint density at radius 2 is 2.17 bits per heavy atom. The number of carbonyl (C=O) groups is 1. The normalized spacial score (nSPS) is 17.0. The molecule has 1 aromatic carbocycles. The van der Waals surface area contributed by atoms with E-state index in [1.54, 1.807) is 12.1 Å². The molecule has 5 heteroatoms. The molecule has 0 radical (unpaired) electrons. The smallest absolute Gasteiger partial charge is 0.257 e. The fourth-order valence-corrected chi connectivity index (χ4v) is 2.43. The molecule has 0 bridgehead atoms. The largest absolute Gasteiger partial charge is 0.472 e. The van der Waals surface area contributed by atoms with Crippen molar-refractivity contribution in [3.8, 4) is 5.88 Å². The van der Waals surface area contributed by atoms with E-state index in [9.17, 15) is 4.79 Å². The number of benzene rings is 1. The zero-order valence-electron chi connectivity index (χ0n) is 13.3. The Hall–Kier alpha value is -2.40. The molecule has 1 aliphatic heterocycles. The summed E-state index contributed by atoms with van der Waals surface area (Å²) in [6.45, 7) is 5.28. The van der Waals surface area contributed by atoms with E-state index in [-0.39, 0.29) is 12.0 Å². The highest BCUT2D eigenvalue weighted by Gasteiger charge is 2.18. The van der Waals surface area contributed by atoms with Crippen molar-refractivity contribution in [1.29, 1.82) is 0 Å². The molecule has 0 aliphatic carbocycles. The first kappa shape index (κ1) is 15.5. The quantitative estimate of drug-likeness (QED) is 0.942. The van der Waals surface area contributed by atoms with Crippen LogP contribution in [0.15, 0.2) is 36.5 Å².